The molecule has 0 amide bonds. The van der Waals surface area contributed by atoms with Crippen LogP contribution in [0.25, 0.3) is 22.3 Å². The molecule has 0 saturated heterocycles. The maximum Gasteiger partial charge on any atom is 0.0457 e. The van der Waals surface area contributed by atoms with Crippen LogP contribution in [0.4, 0.5) is 11.4 Å². The molecule has 0 atom stereocenters. The van der Waals surface area contributed by atoms with Gasteiger partial charge in [0.1, 0.15) is 0 Å². The van der Waals surface area contributed by atoms with Gasteiger partial charge in [0.25, 0.3) is 0 Å². The van der Waals surface area contributed by atoms with Gasteiger partial charge in [-0.3, -0.25) is 0 Å². The van der Waals surface area contributed by atoms with E-state index in [4.69, 9.17) is 0 Å². The lowest BCUT2D eigenvalue weighted by Gasteiger charge is -2.44. The first kappa shape index (κ1) is 28.2. The van der Waals surface area contributed by atoms with Crippen molar-refractivity contribution >= 4 is 11.4 Å². The largest absolute Gasteiger partial charge is 0.336 e. The van der Waals surface area contributed by atoms with Crippen LogP contribution in [0.15, 0.2) is 84.9 Å². The first-order valence-electron chi connectivity index (χ1n) is 14.8. The van der Waals surface area contributed by atoms with Gasteiger partial charge in [-0.05, 0) is 94.3 Å². The second kappa shape index (κ2) is 9.37. The molecule has 0 saturated carbocycles. The predicted octanol–water partition coefficient (Wildman–Crippen LogP) is 11.2. The Bertz CT molecular complexity index is 1550. The van der Waals surface area contributed by atoms with Crippen LogP contribution in [0.3, 0.4) is 0 Å². The fourth-order valence-corrected chi connectivity index (χ4v) is 6.80. The fraction of sp³-hybridized carbons (Fsp3) is 0.385. The van der Waals surface area contributed by atoms with Crippen LogP contribution >= 0.6 is 0 Å². The van der Waals surface area contributed by atoms with Crippen LogP contribution in [-0.2, 0) is 16.2 Å². The molecule has 0 radical (unpaired) electrons. The van der Waals surface area contributed by atoms with Gasteiger partial charge in [0.2, 0.25) is 0 Å². The van der Waals surface area contributed by atoms with E-state index in [0.717, 1.165) is 0 Å². The second-order valence-electron chi connectivity index (χ2n) is 15.2. The summed E-state index contributed by atoms with van der Waals surface area (Å²) in [7, 11) is 0. The van der Waals surface area contributed by atoms with Gasteiger partial charge in [0, 0.05) is 22.3 Å². The summed E-state index contributed by atoms with van der Waals surface area (Å²) in [6, 6.07) is 31.6. The lowest BCUT2D eigenvalue weighted by Crippen LogP contribution is -2.41. The van der Waals surface area contributed by atoms with E-state index in [0.29, 0.717) is 0 Å². The summed E-state index contributed by atoms with van der Waals surface area (Å²) < 4.78 is 0. The molecule has 1 heteroatoms. The van der Waals surface area contributed by atoms with Gasteiger partial charge in [-0.2, -0.15) is 0 Å². The minimum Gasteiger partial charge on any atom is -0.336 e. The summed E-state index contributed by atoms with van der Waals surface area (Å²) in [5, 5.41) is 0. The van der Waals surface area contributed by atoms with Gasteiger partial charge < -0.3 is 4.90 Å². The van der Waals surface area contributed by atoms with Gasteiger partial charge in [0.15, 0.2) is 0 Å². The van der Waals surface area contributed by atoms with Crippen molar-refractivity contribution in [3.63, 3.8) is 0 Å². The first-order chi connectivity index (χ1) is 18.5. The molecule has 1 nitrogen and oxygen atoms in total. The van der Waals surface area contributed by atoms with Crippen molar-refractivity contribution in [2.75, 3.05) is 4.90 Å². The third-order valence-electron chi connectivity index (χ3n) is 8.51. The summed E-state index contributed by atoms with van der Waals surface area (Å²) in [6.45, 7) is 26.1. The van der Waals surface area contributed by atoms with E-state index in [1.165, 1.54) is 55.9 Å². The highest BCUT2D eigenvalue weighted by atomic mass is 15.2. The predicted molar refractivity (Wildman–Crippen MR) is 175 cm³/mol. The Kier molecular flexibility index (Phi) is 6.61. The number of hydrogen-bond donors (Lipinski definition) is 0. The molecule has 0 fully saturated rings. The summed E-state index contributed by atoms with van der Waals surface area (Å²) in [4.78, 5) is 2.63. The third kappa shape index (κ3) is 4.68. The Hall–Kier alpha value is -3.32. The van der Waals surface area contributed by atoms with Crippen LogP contribution in [0.5, 0.6) is 0 Å². The molecule has 0 spiro atoms. The quantitative estimate of drug-likeness (QED) is 0.255. The molecular weight excluding hydrogens is 482 g/mol. The lowest BCUT2D eigenvalue weighted by atomic mass is 9.72. The highest BCUT2D eigenvalue weighted by Crippen LogP contribution is 2.56. The molecule has 0 bridgehead atoms. The van der Waals surface area contributed by atoms with E-state index >= 15 is 0 Å². The average Bonchev–Trinajstić information content (AvgIpc) is 3.09. The van der Waals surface area contributed by atoms with E-state index in [1.54, 1.807) is 0 Å². The molecule has 0 N–H and O–H groups in total. The van der Waals surface area contributed by atoms with Crippen molar-refractivity contribution in [1.29, 1.82) is 0 Å². The minimum atomic E-state index is -0.141. The highest BCUT2D eigenvalue weighted by Gasteiger charge is 2.42. The van der Waals surface area contributed by atoms with Crippen LogP contribution in [0.2, 0.25) is 0 Å². The standard InChI is InChI=1S/C39H47N/c1-36(2,3)31-25-27(26-17-13-12-14-18-26)21-23-32(31)40(38(7,8)9)33-24-22-29-28-19-15-16-20-30(28)39(10,11)34(29)35(33)37(4,5)6/h12-25H,1-11H3. The zero-order valence-electron chi connectivity index (χ0n) is 26.5. The number of nitrogens with zero attached hydrogens (tertiary/aromatic N) is 1. The highest BCUT2D eigenvalue weighted by molar-refractivity contribution is 5.87. The van der Waals surface area contributed by atoms with Gasteiger partial charge in [-0.1, -0.05) is 122 Å². The summed E-state index contributed by atoms with van der Waals surface area (Å²) in [6.07, 6.45) is 0. The average molecular weight is 530 g/mol. The van der Waals surface area contributed by atoms with Crippen LogP contribution in [0, 0.1) is 0 Å². The Morgan fingerprint density at radius 3 is 1.75 bits per heavy atom. The van der Waals surface area contributed by atoms with Gasteiger partial charge in [-0.25, -0.2) is 0 Å². The SMILES string of the molecule is CC(C)(C)c1cc(-c2ccccc2)ccc1N(c1ccc2c(c1C(C)(C)C)C(C)(C)c1ccccc1-2)C(C)(C)C. The zero-order valence-corrected chi connectivity index (χ0v) is 26.5. The summed E-state index contributed by atoms with van der Waals surface area (Å²) in [5.74, 6) is 0. The first-order valence-corrected chi connectivity index (χ1v) is 14.8. The zero-order chi connectivity index (χ0) is 29.3. The van der Waals surface area contributed by atoms with E-state index < -0.39 is 0 Å². The normalized spacial score (nSPS) is 14.6. The number of rotatable bonds is 3. The van der Waals surface area contributed by atoms with E-state index in [1.807, 2.05) is 0 Å². The molecule has 4 aromatic rings. The Morgan fingerprint density at radius 2 is 1.15 bits per heavy atom. The lowest BCUT2D eigenvalue weighted by molar-refractivity contribution is 0.524. The smallest absolute Gasteiger partial charge is 0.0457 e. The van der Waals surface area contributed by atoms with E-state index in [-0.39, 0.29) is 21.8 Å². The molecule has 0 unspecified atom stereocenters. The third-order valence-corrected chi connectivity index (χ3v) is 8.51. The minimum absolute atomic E-state index is 0.0300. The number of hydrogen-bond acceptors (Lipinski definition) is 1. The Labute approximate surface area is 243 Å². The number of fused-ring (bicyclic) bond motifs is 3. The molecule has 4 aromatic carbocycles. The van der Waals surface area contributed by atoms with Gasteiger partial charge >= 0.3 is 0 Å². The molecule has 208 valence electrons. The topological polar surface area (TPSA) is 3.24 Å². The summed E-state index contributed by atoms with van der Waals surface area (Å²) in [5.41, 5.74) is 13.3. The Balaban J connectivity index is 1.83. The van der Waals surface area contributed by atoms with Crippen molar-refractivity contribution < 1.29 is 0 Å². The molecule has 1 aliphatic rings. The molecule has 0 aliphatic heterocycles. The molecule has 1 aliphatic carbocycles. The molecule has 0 aromatic heterocycles. The maximum atomic E-state index is 2.63. The molecule has 0 heterocycles. The van der Waals surface area contributed by atoms with Crippen LogP contribution in [0.1, 0.15) is 98.4 Å². The van der Waals surface area contributed by atoms with Gasteiger partial charge in [0.05, 0.1) is 0 Å². The molecular formula is C39H47N. The van der Waals surface area contributed by atoms with Crippen LogP contribution in [-0.4, -0.2) is 5.54 Å². The maximum absolute atomic E-state index is 2.63. The van der Waals surface area contributed by atoms with Crippen molar-refractivity contribution in [3.8, 4) is 22.3 Å². The van der Waals surface area contributed by atoms with Crippen molar-refractivity contribution in [2.45, 2.75) is 97.9 Å². The summed E-state index contributed by atoms with van der Waals surface area (Å²) >= 11 is 0. The fourth-order valence-electron chi connectivity index (χ4n) is 6.80. The number of anilines is 2. The van der Waals surface area contributed by atoms with Crippen molar-refractivity contribution in [3.05, 3.63) is 107 Å². The molecule has 40 heavy (non-hydrogen) atoms. The van der Waals surface area contributed by atoms with Crippen molar-refractivity contribution in [2.24, 2.45) is 0 Å². The monoisotopic (exact) mass is 529 g/mol. The van der Waals surface area contributed by atoms with Crippen LogP contribution < -0.4 is 4.90 Å². The Morgan fingerprint density at radius 1 is 0.550 bits per heavy atom. The van der Waals surface area contributed by atoms with E-state index in [2.05, 4.69) is 166 Å². The van der Waals surface area contributed by atoms with Gasteiger partial charge in [-0.15, -0.1) is 0 Å². The number of benzene rings is 4. The van der Waals surface area contributed by atoms with Crippen molar-refractivity contribution in [1.82, 2.24) is 0 Å². The molecule has 5 rings (SSSR count). The second-order valence-corrected chi connectivity index (χ2v) is 15.2. The van der Waals surface area contributed by atoms with E-state index in [9.17, 15) is 0 Å².